The van der Waals surface area contributed by atoms with E-state index in [1.807, 2.05) is 0 Å². The van der Waals surface area contributed by atoms with Crippen LogP contribution in [0.1, 0.15) is 25.7 Å². The van der Waals surface area contributed by atoms with Crippen molar-refractivity contribution in [2.45, 2.75) is 37.9 Å². The molecule has 1 rings (SSSR count). The van der Waals surface area contributed by atoms with Crippen LogP contribution in [0.2, 0.25) is 0 Å². The van der Waals surface area contributed by atoms with Crippen molar-refractivity contribution >= 4 is 10.1 Å². The molecule has 5 nitrogen and oxygen atoms in total. The Labute approximate surface area is 78.1 Å². The van der Waals surface area contributed by atoms with Gasteiger partial charge in [0.2, 0.25) is 0 Å². The molecule has 0 aromatic carbocycles. The van der Waals surface area contributed by atoms with Crippen LogP contribution in [0.15, 0.2) is 0 Å². The van der Waals surface area contributed by atoms with E-state index < -0.39 is 22.3 Å². The Kier molecular flexibility index (Phi) is 5.46. The molecule has 0 bridgehead atoms. The third kappa shape index (κ3) is 9.75. The van der Waals surface area contributed by atoms with Crippen molar-refractivity contribution in [1.82, 2.24) is 0 Å². The molecular weight excluding hydrogens is 196 g/mol. The normalized spacial score (nSPS) is 28.9. The van der Waals surface area contributed by atoms with E-state index in [0.29, 0.717) is 6.26 Å². The minimum atomic E-state index is -3.67. The Morgan fingerprint density at radius 1 is 1.08 bits per heavy atom. The first-order chi connectivity index (χ1) is 5.80. The zero-order chi connectivity index (χ0) is 10.5. The lowest BCUT2D eigenvalue weighted by atomic mass is 9.95. The summed E-state index contributed by atoms with van der Waals surface area (Å²) < 4.78 is 25.9. The highest BCUT2D eigenvalue weighted by molar-refractivity contribution is 7.85. The van der Waals surface area contributed by atoms with Crippen LogP contribution in [0, 0.1) is 0 Å². The van der Waals surface area contributed by atoms with Crippen LogP contribution in [0.25, 0.3) is 0 Å². The van der Waals surface area contributed by atoms with Gasteiger partial charge < -0.3 is 10.2 Å². The summed E-state index contributed by atoms with van der Waals surface area (Å²) in [7, 11) is -3.67. The maximum absolute atomic E-state index is 9.19. The minimum Gasteiger partial charge on any atom is -0.390 e. The van der Waals surface area contributed by atoms with Gasteiger partial charge in [0.25, 0.3) is 10.1 Å². The van der Waals surface area contributed by atoms with E-state index in [-0.39, 0.29) is 0 Å². The van der Waals surface area contributed by atoms with E-state index in [4.69, 9.17) is 14.8 Å². The summed E-state index contributed by atoms with van der Waals surface area (Å²) >= 11 is 0. The van der Waals surface area contributed by atoms with Crippen LogP contribution in [-0.4, -0.2) is 41.6 Å². The fraction of sp³-hybridized carbons (Fsp3) is 1.00. The van der Waals surface area contributed by atoms with Crippen LogP contribution in [-0.2, 0) is 10.1 Å². The fourth-order valence-corrected chi connectivity index (χ4v) is 1.09. The summed E-state index contributed by atoms with van der Waals surface area (Å²) in [6.45, 7) is 0. The molecule has 1 aliphatic rings. The molecule has 3 N–H and O–H groups in total. The van der Waals surface area contributed by atoms with Gasteiger partial charge in [0.15, 0.2) is 0 Å². The zero-order valence-electron chi connectivity index (χ0n) is 7.55. The van der Waals surface area contributed by atoms with Gasteiger partial charge in [-0.25, -0.2) is 0 Å². The van der Waals surface area contributed by atoms with E-state index >= 15 is 0 Å². The first-order valence-corrected chi connectivity index (χ1v) is 5.94. The molecule has 13 heavy (non-hydrogen) atoms. The number of rotatable bonds is 0. The molecule has 1 saturated carbocycles. The van der Waals surface area contributed by atoms with Crippen LogP contribution in [0.4, 0.5) is 0 Å². The SMILES string of the molecule is CS(=O)(=O)O.OC1CCCCC1O. The van der Waals surface area contributed by atoms with Crippen molar-refractivity contribution < 1.29 is 23.2 Å². The third-order valence-corrected chi connectivity index (χ3v) is 1.69. The van der Waals surface area contributed by atoms with Crippen molar-refractivity contribution in [1.29, 1.82) is 0 Å². The maximum atomic E-state index is 9.19. The van der Waals surface area contributed by atoms with Crippen LogP contribution >= 0.6 is 0 Å². The molecule has 1 aliphatic carbocycles. The van der Waals surface area contributed by atoms with E-state index in [1.54, 1.807) is 0 Å². The molecule has 0 amide bonds. The summed E-state index contributed by atoms with van der Waals surface area (Å²) in [5.41, 5.74) is 0. The Morgan fingerprint density at radius 3 is 1.46 bits per heavy atom. The highest BCUT2D eigenvalue weighted by atomic mass is 32.2. The molecule has 1 fully saturated rings. The third-order valence-electron chi connectivity index (χ3n) is 1.69. The summed E-state index contributed by atoms with van der Waals surface area (Å²) in [4.78, 5) is 0. The molecule has 0 aliphatic heterocycles. The largest absolute Gasteiger partial charge is 0.390 e. The summed E-state index contributed by atoms with van der Waals surface area (Å²) in [5.74, 6) is 0. The summed E-state index contributed by atoms with van der Waals surface area (Å²) in [6.07, 6.45) is 3.53. The molecule has 0 saturated heterocycles. The fourth-order valence-electron chi connectivity index (χ4n) is 1.09. The highest BCUT2D eigenvalue weighted by Gasteiger charge is 2.19. The summed E-state index contributed by atoms with van der Waals surface area (Å²) in [6, 6.07) is 0. The van der Waals surface area contributed by atoms with Crippen LogP contribution in [0.5, 0.6) is 0 Å². The van der Waals surface area contributed by atoms with Gasteiger partial charge in [-0.3, -0.25) is 4.55 Å². The lowest BCUT2D eigenvalue weighted by Gasteiger charge is -2.22. The topological polar surface area (TPSA) is 94.8 Å². The molecule has 0 spiro atoms. The van der Waals surface area contributed by atoms with E-state index in [1.165, 1.54) is 0 Å². The van der Waals surface area contributed by atoms with Crippen molar-refractivity contribution in [3.63, 3.8) is 0 Å². The average molecular weight is 212 g/mol. The van der Waals surface area contributed by atoms with Gasteiger partial charge in [0, 0.05) is 0 Å². The number of hydrogen-bond donors (Lipinski definition) is 3. The Hall–Kier alpha value is -0.170. The quantitative estimate of drug-likeness (QED) is 0.483. The average Bonchev–Trinajstić information content (AvgIpc) is 1.92. The van der Waals surface area contributed by atoms with Crippen molar-refractivity contribution in [2.24, 2.45) is 0 Å². The predicted molar refractivity (Wildman–Crippen MR) is 48.0 cm³/mol. The first kappa shape index (κ1) is 12.8. The van der Waals surface area contributed by atoms with Gasteiger partial charge in [0.05, 0.1) is 18.5 Å². The first-order valence-electron chi connectivity index (χ1n) is 4.09. The second-order valence-corrected chi connectivity index (χ2v) is 4.62. The second kappa shape index (κ2) is 5.54. The molecule has 0 radical (unpaired) electrons. The van der Waals surface area contributed by atoms with Crippen molar-refractivity contribution in [3.05, 3.63) is 0 Å². The van der Waals surface area contributed by atoms with E-state index in [2.05, 4.69) is 0 Å². The molecule has 80 valence electrons. The Balaban J connectivity index is 0.000000252. The van der Waals surface area contributed by atoms with Crippen molar-refractivity contribution in [2.75, 3.05) is 6.26 Å². The van der Waals surface area contributed by atoms with Gasteiger partial charge in [-0.2, -0.15) is 8.42 Å². The van der Waals surface area contributed by atoms with Gasteiger partial charge in [-0.05, 0) is 12.8 Å². The van der Waals surface area contributed by atoms with Crippen molar-refractivity contribution in [3.8, 4) is 0 Å². The molecule has 0 aromatic rings. The van der Waals surface area contributed by atoms with Gasteiger partial charge in [-0.15, -0.1) is 0 Å². The summed E-state index contributed by atoms with van der Waals surface area (Å²) in [5, 5.41) is 17.9. The maximum Gasteiger partial charge on any atom is 0.261 e. The second-order valence-electron chi connectivity index (χ2n) is 3.15. The van der Waals surface area contributed by atoms with Gasteiger partial charge in [0.1, 0.15) is 0 Å². The van der Waals surface area contributed by atoms with Gasteiger partial charge in [-0.1, -0.05) is 12.8 Å². The molecule has 2 atom stereocenters. The Bertz CT molecular complexity index is 205. The number of hydrogen-bond acceptors (Lipinski definition) is 4. The highest BCUT2D eigenvalue weighted by Crippen LogP contribution is 2.17. The smallest absolute Gasteiger partial charge is 0.261 e. The van der Waals surface area contributed by atoms with Crippen LogP contribution in [0.3, 0.4) is 0 Å². The molecular formula is C7H16O5S. The number of aliphatic hydroxyl groups is 2. The molecule has 6 heteroatoms. The lowest BCUT2D eigenvalue weighted by molar-refractivity contribution is -0.00865. The monoisotopic (exact) mass is 212 g/mol. The standard InChI is InChI=1S/C6H12O2.CH4O3S/c7-5-3-1-2-4-6(5)8;1-5(2,3)4/h5-8H,1-4H2;1H3,(H,2,3,4). The van der Waals surface area contributed by atoms with E-state index in [9.17, 15) is 8.42 Å². The van der Waals surface area contributed by atoms with E-state index in [0.717, 1.165) is 25.7 Å². The number of aliphatic hydroxyl groups excluding tert-OH is 2. The lowest BCUT2D eigenvalue weighted by Crippen LogP contribution is -2.28. The molecule has 0 heterocycles. The predicted octanol–water partition coefficient (Wildman–Crippen LogP) is -0.214. The minimum absolute atomic E-state index is 0.441. The zero-order valence-corrected chi connectivity index (χ0v) is 8.37. The molecule has 0 aromatic heterocycles. The Morgan fingerprint density at radius 2 is 1.31 bits per heavy atom. The molecule has 2 unspecified atom stereocenters. The van der Waals surface area contributed by atoms with Gasteiger partial charge >= 0.3 is 0 Å². The van der Waals surface area contributed by atoms with Crippen LogP contribution < -0.4 is 0 Å².